The number of aromatic nitrogens is 1. The molecule has 6 rings (SSSR count). The van der Waals surface area contributed by atoms with Gasteiger partial charge in [0.05, 0.1) is 16.8 Å². The van der Waals surface area contributed by atoms with Crippen LogP contribution in [0.25, 0.3) is 10.2 Å². The number of thiophene rings is 1. The second-order valence-electron chi connectivity index (χ2n) is 11.2. The Morgan fingerprint density at radius 2 is 1.75 bits per heavy atom. The lowest BCUT2D eigenvalue weighted by Crippen LogP contribution is -2.64. The summed E-state index contributed by atoms with van der Waals surface area (Å²) in [4.78, 5) is 32.3. The van der Waals surface area contributed by atoms with Gasteiger partial charge in [0.25, 0.3) is 11.8 Å². The van der Waals surface area contributed by atoms with Crippen LogP contribution >= 0.6 is 22.9 Å². The Balaban J connectivity index is 1.47. The summed E-state index contributed by atoms with van der Waals surface area (Å²) < 4.78 is 3.21. The molecule has 1 fully saturated rings. The standard InChI is InChI=1S/C33H36ClN3O2S/c1-2-27-20-28-30(40-27)21-29-31(38)37(19-18-23-14-16-25(34)17-15-23)33(22-36(28)29,24-10-6-5-7-11-24)32(39)35-26-12-8-3-4-9-13-26/h5-7,10-11,14-17,20-21,26H,2-4,8-9,12-13,18-19,22H2,1H3,(H,35,39)/t33-/m0/s1. The first-order valence-electron chi connectivity index (χ1n) is 14.5. The van der Waals surface area contributed by atoms with Crippen molar-refractivity contribution in [3.8, 4) is 0 Å². The average molecular weight is 574 g/mol. The van der Waals surface area contributed by atoms with Crippen LogP contribution in [0.2, 0.25) is 5.02 Å². The number of rotatable bonds is 7. The molecule has 1 atom stereocenters. The molecule has 2 aliphatic rings. The highest BCUT2D eigenvalue weighted by atomic mass is 35.5. The van der Waals surface area contributed by atoms with Gasteiger partial charge in [-0.2, -0.15) is 0 Å². The first kappa shape index (κ1) is 27.1. The second kappa shape index (κ2) is 11.4. The van der Waals surface area contributed by atoms with Gasteiger partial charge in [-0.1, -0.05) is 86.7 Å². The predicted octanol–water partition coefficient (Wildman–Crippen LogP) is 7.35. The second-order valence-corrected chi connectivity index (χ2v) is 12.8. The van der Waals surface area contributed by atoms with E-state index in [1.165, 1.54) is 17.7 Å². The lowest BCUT2D eigenvalue weighted by molar-refractivity contribution is -0.135. The molecule has 2 amide bonds. The van der Waals surface area contributed by atoms with E-state index in [-0.39, 0.29) is 17.9 Å². The molecule has 1 aliphatic carbocycles. The molecule has 1 saturated carbocycles. The van der Waals surface area contributed by atoms with Crippen molar-refractivity contribution >= 4 is 45.0 Å². The summed E-state index contributed by atoms with van der Waals surface area (Å²) in [5.74, 6) is -0.171. The van der Waals surface area contributed by atoms with Gasteiger partial charge < -0.3 is 14.8 Å². The van der Waals surface area contributed by atoms with Crippen molar-refractivity contribution in [1.82, 2.24) is 14.8 Å². The summed E-state index contributed by atoms with van der Waals surface area (Å²) in [5.41, 5.74) is 2.48. The molecule has 1 aliphatic heterocycles. The van der Waals surface area contributed by atoms with Gasteiger partial charge in [0, 0.05) is 22.5 Å². The van der Waals surface area contributed by atoms with E-state index in [4.69, 9.17) is 11.6 Å². The van der Waals surface area contributed by atoms with Gasteiger partial charge in [0.1, 0.15) is 5.69 Å². The molecule has 0 unspecified atom stereocenters. The van der Waals surface area contributed by atoms with Crippen LogP contribution in [0.15, 0.2) is 66.7 Å². The molecular weight excluding hydrogens is 538 g/mol. The number of nitrogens with one attached hydrogen (secondary N) is 1. The molecule has 1 N–H and O–H groups in total. The molecule has 0 bridgehead atoms. The number of hydrogen-bond donors (Lipinski definition) is 1. The number of aryl methyl sites for hydroxylation is 1. The lowest BCUT2D eigenvalue weighted by Gasteiger charge is -2.47. The third-order valence-electron chi connectivity index (χ3n) is 8.66. The molecule has 3 heterocycles. The molecular formula is C33H36ClN3O2S. The largest absolute Gasteiger partial charge is 0.351 e. The highest BCUT2D eigenvalue weighted by Crippen LogP contribution is 2.41. The maximum atomic E-state index is 14.7. The summed E-state index contributed by atoms with van der Waals surface area (Å²) in [6, 6.07) is 22.0. The molecule has 5 nitrogen and oxygen atoms in total. The average Bonchev–Trinajstić information content (AvgIpc) is 3.42. The van der Waals surface area contributed by atoms with Crippen LogP contribution < -0.4 is 5.32 Å². The van der Waals surface area contributed by atoms with Gasteiger partial charge in [0.15, 0.2) is 5.54 Å². The fourth-order valence-corrected chi connectivity index (χ4v) is 7.61. The molecule has 4 aromatic rings. The number of nitrogens with zero attached hydrogens (tertiary/aromatic N) is 2. The Labute approximate surface area is 245 Å². The maximum absolute atomic E-state index is 14.7. The summed E-state index contributed by atoms with van der Waals surface area (Å²) in [7, 11) is 0. The Kier molecular flexibility index (Phi) is 7.74. The van der Waals surface area contributed by atoms with Crippen molar-refractivity contribution in [2.45, 2.75) is 76.4 Å². The predicted molar refractivity (Wildman–Crippen MR) is 163 cm³/mol. The number of carbonyl (C=O) groups excluding carboxylic acids is 2. The van der Waals surface area contributed by atoms with Gasteiger partial charge in [-0.3, -0.25) is 9.59 Å². The van der Waals surface area contributed by atoms with Crippen LogP contribution in [0.1, 0.15) is 71.9 Å². The van der Waals surface area contributed by atoms with E-state index in [0.29, 0.717) is 30.2 Å². The van der Waals surface area contributed by atoms with E-state index in [1.54, 1.807) is 11.3 Å². The van der Waals surface area contributed by atoms with Crippen molar-refractivity contribution in [2.75, 3.05) is 6.54 Å². The molecule has 0 spiro atoms. The van der Waals surface area contributed by atoms with Gasteiger partial charge in [-0.25, -0.2) is 0 Å². The Hall–Kier alpha value is -3.09. The summed E-state index contributed by atoms with van der Waals surface area (Å²) in [6.45, 7) is 2.97. The van der Waals surface area contributed by atoms with Crippen LogP contribution in [0, 0.1) is 0 Å². The minimum Gasteiger partial charge on any atom is -0.351 e. The van der Waals surface area contributed by atoms with E-state index in [0.717, 1.165) is 53.4 Å². The van der Waals surface area contributed by atoms with Gasteiger partial charge in [-0.15, -0.1) is 11.3 Å². The summed E-state index contributed by atoms with van der Waals surface area (Å²) in [6.07, 6.45) is 8.22. The van der Waals surface area contributed by atoms with E-state index < -0.39 is 5.54 Å². The van der Waals surface area contributed by atoms with Crippen molar-refractivity contribution in [2.24, 2.45) is 0 Å². The number of benzene rings is 2. The smallest absolute Gasteiger partial charge is 0.271 e. The number of hydrogen-bond acceptors (Lipinski definition) is 3. The first-order chi connectivity index (χ1) is 19.5. The number of carbonyl (C=O) groups is 2. The van der Waals surface area contributed by atoms with E-state index in [9.17, 15) is 9.59 Å². The lowest BCUT2D eigenvalue weighted by atomic mass is 9.83. The molecule has 0 saturated heterocycles. The van der Waals surface area contributed by atoms with Crippen LogP contribution in [0.3, 0.4) is 0 Å². The zero-order chi connectivity index (χ0) is 27.7. The Morgan fingerprint density at radius 3 is 2.45 bits per heavy atom. The van der Waals surface area contributed by atoms with E-state index in [2.05, 4.69) is 22.9 Å². The monoisotopic (exact) mass is 573 g/mol. The van der Waals surface area contributed by atoms with Crippen molar-refractivity contribution < 1.29 is 9.59 Å². The summed E-state index contributed by atoms with van der Waals surface area (Å²) >= 11 is 7.88. The molecule has 7 heteroatoms. The number of halogens is 1. The summed E-state index contributed by atoms with van der Waals surface area (Å²) in [5, 5.41) is 4.13. The SMILES string of the molecule is CCc1cc2c(cc3n2C[C@@](C(=O)NC2CCCCCC2)(c2ccccc2)N(CCc2ccc(Cl)cc2)C3=O)s1. The molecule has 2 aromatic carbocycles. The highest BCUT2D eigenvalue weighted by Gasteiger charge is 2.52. The van der Waals surface area contributed by atoms with Gasteiger partial charge in [-0.05, 0) is 61.1 Å². The van der Waals surface area contributed by atoms with Gasteiger partial charge in [0.2, 0.25) is 0 Å². The zero-order valence-electron chi connectivity index (χ0n) is 23.0. The minimum absolute atomic E-state index is 0.0755. The fourth-order valence-electron chi connectivity index (χ4n) is 6.44. The Bertz CT molecular complexity index is 1500. The van der Waals surface area contributed by atoms with Crippen molar-refractivity contribution in [1.29, 1.82) is 0 Å². The van der Waals surface area contributed by atoms with Crippen LogP contribution in [-0.2, 0) is 29.7 Å². The molecule has 2 aromatic heterocycles. The minimum atomic E-state index is -1.16. The van der Waals surface area contributed by atoms with Crippen molar-refractivity contribution in [3.05, 3.63) is 93.5 Å². The fraction of sp³-hybridized carbons (Fsp3) is 0.394. The van der Waals surface area contributed by atoms with Crippen LogP contribution in [0.4, 0.5) is 0 Å². The van der Waals surface area contributed by atoms with E-state index >= 15 is 0 Å². The molecule has 208 valence electrons. The van der Waals surface area contributed by atoms with Crippen LogP contribution in [-0.4, -0.2) is 33.9 Å². The normalized spacial score (nSPS) is 19.9. The van der Waals surface area contributed by atoms with E-state index in [1.807, 2.05) is 65.6 Å². The van der Waals surface area contributed by atoms with Crippen molar-refractivity contribution in [3.63, 3.8) is 0 Å². The molecule has 40 heavy (non-hydrogen) atoms. The number of amides is 2. The quantitative estimate of drug-likeness (QED) is 0.235. The third kappa shape index (κ3) is 4.97. The zero-order valence-corrected chi connectivity index (χ0v) is 24.6. The number of fused-ring (bicyclic) bond motifs is 3. The van der Waals surface area contributed by atoms with Gasteiger partial charge >= 0.3 is 0 Å². The Morgan fingerprint density at radius 1 is 1.02 bits per heavy atom. The molecule has 0 radical (unpaired) electrons. The third-order valence-corrected chi connectivity index (χ3v) is 10.1. The maximum Gasteiger partial charge on any atom is 0.271 e. The highest BCUT2D eigenvalue weighted by molar-refractivity contribution is 7.19. The topological polar surface area (TPSA) is 54.3 Å². The first-order valence-corrected chi connectivity index (χ1v) is 15.7. The van der Waals surface area contributed by atoms with Crippen LogP contribution in [0.5, 0.6) is 0 Å².